The molecule has 0 radical (unpaired) electrons. The van der Waals surface area contributed by atoms with Crippen LogP contribution in [0.5, 0.6) is 0 Å². The molecule has 0 N–H and O–H groups in total. The van der Waals surface area contributed by atoms with Crippen molar-refractivity contribution >= 4 is 0 Å². The molecule has 6 unspecified atom stereocenters. The lowest BCUT2D eigenvalue weighted by molar-refractivity contribution is 0.480. The van der Waals surface area contributed by atoms with E-state index in [2.05, 4.69) is 0 Å². The van der Waals surface area contributed by atoms with Crippen LogP contribution in [0, 0.1) is 35.5 Å². The van der Waals surface area contributed by atoms with Crippen molar-refractivity contribution in [1.82, 2.24) is 0 Å². The molecule has 21 heavy (non-hydrogen) atoms. The molecule has 6 aliphatic rings. The second-order valence-electron chi connectivity index (χ2n) is 9.12. The van der Waals surface area contributed by atoms with Gasteiger partial charge in [-0.3, -0.25) is 0 Å². The van der Waals surface area contributed by atoms with Gasteiger partial charge in [0.15, 0.2) is 0 Å². The summed E-state index contributed by atoms with van der Waals surface area (Å²) in [5, 5.41) is 0. The molecule has 0 heterocycles. The topological polar surface area (TPSA) is 0 Å². The summed E-state index contributed by atoms with van der Waals surface area (Å²) in [5.41, 5.74) is 0. The summed E-state index contributed by atoms with van der Waals surface area (Å²) in [6, 6.07) is 0. The zero-order valence-corrected chi connectivity index (χ0v) is 14.1. The van der Waals surface area contributed by atoms with Gasteiger partial charge in [0.25, 0.3) is 0 Å². The first-order chi connectivity index (χ1) is 10.4. The van der Waals surface area contributed by atoms with Crippen molar-refractivity contribution in [3.8, 4) is 0 Å². The predicted octanol–water partition coefficient (Wildman–Crippen LogP) is 6.59. The van der Waals surface area contributed by atoms with Crippen LogP contribution >= 0.6 is 0 Å². The lowest BCUT2D eigenvalue weighted by Crippen LogP contribution is -1.91. The molecule has 120 valence electrons. The normalized spacial score (nSPS) is 48.0. The summed E-state index contributed by atoms with van der Waals surface area (Å²) in [5.74, 6) is 7.22. The van der Waals surface area contributed by atoms with Crippen LogP contribution in [0.4, 0.5) is 0 Å². The summed E-state index contributed by atoms with van der Waals surface area (Å²) in [6.45, 7) is 0. The van der Waals surface area contributed by atoms with E-state index in [4.69, 9.17) is 0 Å². The molecule has 0 aliphatic heterocycles. The molecular formula is C21H36. The van der Waals surface area contributed by atoms with Gasteiger partial charge in [-0.05, 0) is 54.8 Å². The third-order valence-corrected chi connectivity index (χ3v) is 7.41. The molecule has 6 saturated carbocycles. The van der Waals surface area contributed by atoms with Gasteiger partial charge in [0.1, 0.15) is 0 Å². The molecule has 0 aromatic heterocycles. The third-order valence-electron chi connectivity index (χ3n) is 7.41. The molecule has 0 bridgehead atoms. The van der Waals surface area contributed by atoms with Crippen LogP contribution < -0.4 is 0 Å². The molecule has 0 amide bonds. The van der Waals surface area contributed by atoms with Gasteiger partial charge >= 0.3 is 0 Å². The van der Waals surface area contributed by atoms with E-state index in [1.807, 2.05) is 0 Å². The van der Waals surface area contributed by atoms with Crippen molar-refractivity contribution in [3.63, 3.8) is 0 Å². The Morgan fingerprint density at radius 1 is 0.286 bits per heavy atom. The van der Waals surface area contributed by atoms with Gasteiger partial charge in [-0.2, -0.15) is 0 Å². The van der Waals surface area contributed by atoms with E-state index in [0.717, 1.165) is 0 Å². The van der Waals surface area contributed by atoms with Crippen LogP contribution in [0.2, 0.25) is 0 Å². The van der Waals surface area contributed by atoms with E-state index >= 15 is 0 Å². The monoisotopic (exact) mass is 288 g/mol. The average Bonchev–Trinajstić information content (AvgIpc) is 3.43. The number of rotatable bonds is 0. The summed E-state index contributed by atoms with van der Waals surface area (Å²) in [4.78, 5) is 0. The standard InChI is InChI=1S/3C7H12/c3*1-2-4-7-5-6(7)3-1/h3*6-7H,1-5H2. The number of hydrogen-bond acceptors (Lipinski definition) is 0. The van der Waals surface area contributed by atoms with E-state index in [0.29, 0.717) is 0 Å². The Kier molecular flexibility index (Phi) is 4.60. The molecule has 0 aromatic carbocycles. The number of fused-ring (bicyclic) bond motifs is 3. The van der Waals surface area contributed by atoms with Gasteiger partial charge in [-0.15, -0.1) is 0 Å². The smallest absolute Gasteiger partial charge is 0.0383 e. The maximum Gasteiger partial charge on any atom is -0.0383 e. The lowest BCUT2D eigenvalue weighted by Gasteiger charge is -2.05. The van der Waals surface area contributed by atoms with Crippen molar-refractivity contribution < 1.29 is 0 Å². The first kappa shape index (κ1) is 14.6. The summed E-state index contributed by atoms with van der Waals surface area (Å²) in [7, 11) is 0. The second kappa shape index (κ2) is 6.63. The highest BCUT2D eigenvalue weighted by Gasteiger charge is 2.39. The van der Waals surface area contributed by atoms with Gasteiger partial charge in [0.05, 0.1) is 0 Å². The highest BCUT2D eigenvalue weighted by molar-refractivity contribution is 4.90. The van der Waals surface area contributed by atoms with Gasteiger partial charge < -0.3 is 0 Å². The van der Waals surface area contributed by atoms with Crippen LogP contribution in [-0.2, 0) is 0 Å². The molecule has 6 aliphatic carbocycles. The fourth-order valence-corrected chi connectivity index (χ4v) is 5.49. The lowest BCUT2D eigenvalue weighted by atomic mass is 10.0. The zero-order valence-electron chi connectivity index (χ0n) is 14.1. The Morgan fingerprint density at radius 2 is 0.476 bits per heavy atom. The van der Waals surface area contributed by atoms with Crippen molar-refractivity contribution in [2.24, 2.45) is 35.5 Å². The third kappa shape index (κ3) is 4.26. The fraction of sp³-hybridized carbons (Fsp3) is 1.00. The maximum atomic E-state index is 1.58. The largest absolute Gasteiger partial charge is 0.0530 e. The quantitative estimate of drug-likeness (QED) is 0.471. The van der Waals surface area contributed by atoms with E-state index < -0.39 is 0 Å². The van der Waals surface area contributed by atoms with Crippen LogP contribution in [-0.4, -0.2) is 0 Å². The summed E-state index contributed by atoms with van der Waals surface area (Å²) >= 11 is 0. The molecule has 0 spiro atoms. The molecule has 6 rings (SSSR count). The van der Waals surface area contributed by atoms with E-state index in [1.54, 1.807) is 57.8 Å². The minimum Gasteiger partial charge on any atom is -0.0530 e. The second-order valence-corrected chi connectivity index (χ2v) is 9.12. The van der Waals surface area contributed by atoms with Crippen LogP contribution in [0.25, 0.3) is 0 Å². The maximum absolute atomic E-state index is 1.58. The predicted molar refractivity (Wildman–Crippen MR) is 90.2 cm³/mol. The van der Waals surface area contributed by atoms with Gasteiger partial charge in [0, 0.05) is 0 Å². The first-order valence-corrected chi connectivity index (χ1v) is 10.4. The van der Waals surface area contributed by atoms with Crippen molar-refractivity contribution in [1.29, 1.82) is 0 Å². The highest BCUT2D eigenvalue weighted by Crippen LogP contribution is 2.50. The van der Waals surface area contributed by atoms with E-state index in [1.165, 1.54) is 74.0 Å². The Labute approximate surface area is 132 Å². The van der Waals surface area contributed by atoms with Crippen LogP contribution in [0.3, 0.4) is 0 Å². The van der Waals surface area contributed by atoms with Gasteiger partial charge in [-0.1, -0.05) is 77.0 Å². The van der Waals surface area contributed by atoms with Crippen LogP contribution in [0.15, 0.2) is 0 Å². The minimum absolute atomic E-state index is 1.20. The van der Waals surface area contributed by atoms with E-state index in [9.17, 15) is 0 Å². The van der Waals surface area contributed by atoms with Gasteiger partial charge in [-0.25, -0.2) is 0 Å². The fourth-order valence-electron chi connectivity index (χ4n) is 5.49. The van der Waals surface area contributed by atoms with E-state index in [-0.39, 0.29) is 0 Å². The Bertz CT molecular complexity index is 251. The van der Waals surface area contributed by atoms with Crippen LogP contribution in [0.1, 0.15) is 96.3 Å². The summed E-state index contributed by atoms with van der Waals surface area (Å²) in [6.07, 6.45) is 23.3. The van der Waals surface area contributed by atoms with Crippen molar-refractivity contribution in [2.75, 3.05) is 0 Å². The summed E-state index contributed by atoms with van der Waals surface area (Å²) < 4.78 is 0. The average molecular weight is 289 g/mol. The SMILES string of the molecule is C1CCC2CC2C1.C1CCC2CC2C1.C1CCC2CC2C1. The molecule has 0 nitrogen and oxygen atoms in total. The Morgan fingerprint density at radius 3 is 0.619 bits per heavy atom. The van der Waals surface area contributed by atoms with Crippen molar-refractivity contribution in [2.45, 2.75) is 96.3 Å². The molecular weight excluding hydrogens is 252 g/mol. The highest BCUT2D eigenvalue weighted by atomic mass is 14.4. The zero-order chi connectivity index (χ0) is 14.1. The van der Waals surface area contributed by atoms with Gasteiger partial charge in [0.2, 0.25) is 0 Å². The minimum atomic E-state index is 1.20. The Hall–Kier alpha value is 0. The first-order valence-electron chi connectivity index (χ1n) is 10.4. The molecule has 6 atom stereocenters. The van der Waals surface area contributed by atoms with Crippen molar-refractivity contribution in [3.05, 3.63) is 0 Å². The number of hydrogen-bond donors (Lipinski definition) is 0. The molecule has 6 fully saturated rings. The Balaban J connectivity index is 0.0000000823. The molecule has 0 aromatic rings. The molecule has 0 heteroatoms. The molecule has 0 saturated heterocycles.